The van der Waals surface area contributed by atoms with Crippen molar-refractivity contribution in [1.82, 2.24) is 4.90 Å². The molecule has 1 fully saturated rings. The Hall–Kier alpha value is -3.35. The Balaban J connectivity index is 1.59. The summed E-state index contributed by atoms with van der Waals surface area (Å²) < 4.78 is 5.43. The average Bonchev–Trinajstić information content (AvgIpc) is 3.40. The number of nitrogens with zero attached hydrogens (tertiary/aromatic N) is 3. The molecule has 1 aliphatic heterocycles. The molecule has 1 aliphatic rings. The maximum atomic E-state index is 13.1. The molecular formula is C25H20ClN3O2S. The number of hydrogen-bond acceptors (Lipinski definition) is 5. The van der Waals surface area contributed by atoms with Gasteiger partial charge in [0.25, 0.3) is 5.91 Å². The zero-order valence-corrected chi connectivity index (χ0v) is 18.9. The third-order valence-electron chi connectivity index (χ3n) is 4.55. The molecule has 0 unspecified atom stereocenters. The van der Waals surface area contributed by atoms with Crippen molar-refractivity contribution >= 4 is 46.7 Å². The molecule has 0 spiro atoms. The molecule has 1 aromatic heterocycles. The summed E-state index contributed by atoms with van der Waals surface area (Å²) in [7, 11) is 0. The fraction of sp³-hybridized carbons (Fsp3) is 0.0800. The minimum atomic E-state index is -0.132. The quantitative estimate of drug-likeness (QED) is 0.243. The molecule has 1 saturated heterocycles. The Morgan fingerprint density at radius 1 is 1.06 bits per heavy atom. The molecule has 5 nitrogen and oxygen atoms in total. The molecule has 0 N–H and O–H groups in total. The van der Waals surface area contributed by atoms with Gasteiger partial charge in [0.1, 0.15) is 5.76 Å². The molecule has 0 bridgehead atoms. The van der Waals surface area contributed by atoms with Gasteiger partial charge in [0.2, 0.25) is 0 Å². The summed E-state index contributed by atoms with van der Waals surface area (Å²) in [5.41, 5.74) is 2.91. The molecule has 7 heteroatoms. The molecule has 1 amide bonds. The number of carbonyl (C=O) groups excluding carboxylic acids is 1. The number of carbonyl (C=O) groups is 1. The zero-order chi connectivity index (χ0) is 22.3. The number of amidine groups is 1. The largest absolute Gasteiger partial charge is 0.467 e. The van der Waals surface area contributed by atoms with Gasteiger partial charge in [0.05, 0.1) is 23.9 Å². The topological polar surface area (TPSA) is 58.2 Å². The lowest BCUT2D eigenvalue weighted by Crippen LogP contribution is -2.28. The first-order valence-corrected chi connectivity index (χ1v) is 11.1. The number of hydrogen-bond donors (Lipinski definition) is 0. The SMILES string of the molecule is CC(/C=C1\S/C(=N/N=C\c2ccc(Cl)cc2)N(Cc2ccco2)C1=O)=C\c1ccccc1. The van der Waals surface area contributed by atoms with Crippen LogP contribution in [0.1, 0.15) is 23.8 Å². The molecule has 0 radical (unpaired) electrons. The van der Waals surface area contributed by atoms with Gasteiger partial charge in [-0.2, -0.15) is 5.10 Å². The van der Waals surface area contributed by atoms with Crippen molar-refractivity contribution in [3.05, 3.63) is 111 Å². The van der Waals surface area contributed by atoms with E-state index in [1.807, 2.05) is 67.6 Å². The van der Waals surface area contributed by atoms with Crippen LogP contribution in [0.4, 0.5) is 0 Å². The van der Waals surface area contributed by atoms with E-state index in [1.54, 1.807) is 35.6 Å². The number of allylic oxidation sites excluding steroid dienone is 2. The van der Waals surface area contributed by atoms with E-state index in [0.717, 1.165) is 16.7 Å². The Kier molecular flexibility index (Phi) is 7.04. The van der Waals surface area contributed by atoms with Crippen molar-refractivity contribution in [2.75, 3.05) is 0 Å². The van der Waals surface area contributed by atoms with E-state index >= 15 is 0 Å². The second-order valence-corrected chi connectivity index (χ2v) is 8.50. The van der Waals surface area contributed by atoms with Crippen LogP contribution in [0.25, 0.3) is 6.08 Å². The summed E-state index contributed by atoms with van der Waals surface area (Å²) in [5, 5.41) is 9.65. The summed E-state index contributed by atoms with van der Waals surface area (Å²) in [4.78, 5) is 15.3. The van der Waals surface area contributed by atoms with E-state index in [-0.39, 0.29) is 12.5 Å². The molecule has 0 saturated carbocycles. The minimum Gasteiger partial charge on any atom is -0.467 e. The maximum Gasteiger partial charge on any atom is 0.267 e. The van der Waals surface area contributed by atoms with Crippen LogP contribution < -0.4 is 0 Å². The third-order valence-corrected chi connectivity index (χ3v) is 5.80. The molecule has 160 valence electrons. The van der Waals surface area contributed by atoms with Crippen molar-refractivity contribution < 1.29 is 9.21 Å². The highest BCUT2D eigenvalue weighted by atomic mass is 35.5. The minimum absolute atomic E-state index is 0.132. The standard InChI is InChI=1S/C25H20ClN3O2S/c1-18(14-19-6-3-2-4-7-19)15-23-24(30)29(17-22-8-5-13-31-22)25(32-23)28-27-16-20-9-11-21(26)12-10-20/h2-16H,17H2,1H3/b18-14+,23-15-,27-16-,28-25+. The smallest absolute Gasteiger partial charge is 0.267 e. The first-order valence-electron chi connectivity index (χ1n) is 9.92. The molecule has 2 aromatic carbocycles. The predicted molar refractivity (Wildman–Crippen MR) is 132 cm³/mol. The van der Waals surface area contributed by atoms with Gasteiger partial charge in [-0.15, -0.1) is 5.10 Å². The van der Waals surface area contributed by atoms with Crippen LogP contribution in [0.15, 0.2) is 104 Å². The Labute approximate surface area is 195 Å². The van der Waals surface area contributed by atoms with Crippen LogP contribution in [0.5, 0.6) is 0 Å². The number of benzene rings is 2. The second kappa shape index (κ2) is 10.3. The first-order chi connectivity index (χ1) is 15.6. The summed E-state index contributed by atoms with van der Waals surface area (Å²) in [5.74, 6) is 0.541. The summed E-state index contributed by atoms with van der Waals surface area (Å²) in [6, 6.07) is 20.9. The van der Waals surface area contributed by atoms with Gasteiger partial charge in [-0.1, -0.05) is 60.1 Å². The van der Waals surface area contributed by atoms with E-state index < -0.39 is 0 Å². The fourth-order valence-corrected chi connectivity index (χ4v) is 4.15. The monoisotopic (exact) mass is 461 g/mol. The third kappa shape index (κ3) is 5.66. The fourth-order valence-electron chi connectivity index (χ4n) is 3.03. The van der Waals surface area contributed by atoms with Crippen LogP contribution in [0.3, 0.4) is 0 Å². The van der Waals surface area contributed by atoms with Gasteiger partial charge in [-0.25, -0.2) is 0 Å². The van der Waals surface area contributed by atoms with Crippen molar-refractivity contribution in [2.45, 2.75) is 13.5 Å². The van der Waals surface area contributed by atoms with Gasteiger partial charge in [-0.3, -0.25) is 9.69 Å². The van der Waals surface area contributed by atoms with Crippen LogP contribution in [-0.4, -0.2) is 22.2 Å². The van der Waals surface area contributed by atoms with Crippen molar-refractivity contribution in [3.63, 3.8) is 0 Å². The van der Waals surface area contributed by atoms with Gasteiger partial charge in [0.15, 0.2) is 5.17 Å². The lowest BCUT2D eigenvalue weighted by atomic mass is 10.1. The van der Waals surface area contributed by atoms with Gasteiger partial charge in [-0.05, 0) is 65.7 Å². The molecule has 0 aliphatic carbocycles. The first kappa shape index (κ1) is 21.9. The highest BCUT2D eigenvalue weighted by Gasteiger charge is 2.34. The molecular weight excluding hydrogens is 442 g/mol. The predicted octanol–water partition coefficient (Wildman–Crippen LogP) is 6.39. The van der Waals surface area contributed by atoms with E-state index in [4.69, 9.17) is 16.0 Å². The van der Waals surface area contributed by atoms with E-state index in [1.165, 1.54) is 11.8 Å². The zero-order valence-electron chi connectivity index (χ0n) is 17.3. The van der Waals surface area contributed by atoms with Gasteiger partial charge >= 0.3 is 0 Å². The molecule has 32 heavy (non-hydrogen) atoms. The summed E-state index contributed by atoms with van der Waals surface area (Å²) in [6.07, 6.45) is 7.12. The highest BCUT2D eigenvalue weighted by Crippen LogP contribution is 2.33. The summed E-state index contributed by atoms with van der Waals surface area (Å²) in [6.45, 7) is 2.26. The van der Waals surface area contributed by atoms with Crippen LogP contribution in [0, 0.1) is 0 Å². The Morgan fingerprint density at radius 2 is 1.84 bits per heavy atom. The van der Waals surface area contributed by atoms with Crippen molar-refractivity contribution in [1.29, 1.82) is 0 Å². The van der Waals surface area contributed by atoms with Crippen LogP contribution in [0.2, 0.25) is 5.02 Å². The van der Waals surface area contributed by atoms with Crippen LogP contribution in [-0.2, 0) is 11.3 Å². The summed E-state index contributed by atoms with van der Waals surface area (Å²) >= 11 is 7.22. The lowest BCUT2D eigenvalue weighted by Gasteiger charge is -2.12. The average molecular weight is 462 g/mol. The molecule has 3 aromatic rings. The normalized spacial score (nSPS) is 17.2. The number of rotatable bonds is 6. The van der Waals surface area contributed by atoms with E-state index in [9.17, 15) is 4.79 Å². The van der Waals surface area contributed by atoms with Crippen molar-refractivity contribution in [2.24, 2.45) is 10.2 Å². The van der Waals surface area contributed by atoms with Gasteiger partial charge < -0.3 is 4.42 Å². The van der Waals surface area contributed by atoms with Gasteiger partial charge in [0, 0.05) is 5.02 Å². The van der Waals surface area contributed by atoms with E-state index in [2.05, 4.69) is 10.2 Å². The molecule has 4 rings (SSSR count). The lowest BCUT2D eigenvalue weighted by molar-refractivity contribution is -0.122. The Bertz CT molecular complexity index is 1200. The second-order valence-electron chi connectivity index (χ2n) is 7.06. The number of thioether (sulfide) groups is 1. The number of amides is 1. The van der Waals surface area contributed by atoms with E-state index in [0.29, 0.717) is 20.9 Å². The Morgan fingerprint density at radius 3 is 2.56 bits per heavy atom. The molecule has 2 heterocycles. The number of furan rings is 1. The van der Waals surface area contributed by atoms with Crippen molar-refractivity contribution in [3.8, 4) is 0 Å². The highest BCUT2D eigenvalue weighted by molar-refractivity contribution is 8.18. The molecule has 0 atom stereocenters. The maximum absolute atomic E-state index is 13.1. The van der Waals surface area contributed by atoms with Crippen LogP contribution >= 0.6 is 23.4 Å². The number of halogens is 1.